The molecule has 1 atom stereocenters. The lowest BCUT2D eigenvalue weighted by molar-refractivity contribution is -0.139. The third-order valence-electron chi connectivity index (χ3n) is 4.21. The quantitative estimate of drug-likeness (QED) is 0.724. The molecule has 1 saturated heterocycles. The van der Waals surface area contributed by atoms with Crippen LogP contribution in [0, 0.1) is 0 Å². The van der Waals surface area contributed by atoms with Gasteiger partial charge in [0.15, 0.2) is 6.10 Å². The van der Waals surface area contributed by atoms with Gasteiger partial charge in [0.2, 0.25) is 5.91 Å². The van der Waals surface area contributed by atoms with Crippen molar-refractivity contribution in [2.24, 2.45) is 0 Å². The minimum absolute atomic E-state index is 0.0226. The number of benzene rings is 1. The minimum Gasteiger partial charge on any atom is -0.508 e. The smallest absolute Gasteiger partial charge is 0.263 e. The van der Waals surface area contributed by atoms with Gasteiger partial charge in [-0.05, 0) is 50.5 Å². The predicted octanol–water partition coefficient (Wildman–Crippen LogP) is 2.29. The Balaban J connectivity index is 1.76. The molecule has 1 aromatic carbocycles. The molecule has 0 aromatic heterocycles. The maximum Gasteiger partial charge on any atom is 0.263 e. The van der Waals surface area contributed by atoms with Gasteiger partial charge in [-0.1, -0.05) is 0 Å². The van der Waals surface area contributed by atoms with Crippen LogP contribution in [0.3, 0.4) is 0 Å². The summed E-state index contributed by atoms with van der Waals surface area (Å²) in [5.74, 6) is 1.13. The van der Waals surface area contributed by atoms with E-state index in [-0.39, 0.29) is 23.6 Å². The van der Waals surface area contributed by atoms with E-state index in [1.54, 1.807) is 24.0 Å². The van der Waals surface area contributed by atoms with Crippen molar-refractivity contribution >= 4 is 23.4 Å². The molecule has 0 spiro atoms. The highest BCUT2D eigenvalue weighted by Crippen LogP contribution is 2.19. The van der Waals surface area contributed by atoms with Gasteiger partial charge >= 0.3 is 0 Å². The van der Waals surface area contributed by atoms with Gasteiger partial charge < -0.3 is 20.1 Å². The van der Waals surface area contributed by atoms with Crippen LogP contribution in [-0.2, 0) is 9.59 Å². The number of carbonyl (C=O) groups is 2. The molecule has 7 heteroatoms. The van der Waals surface area contributed by atoms with E-state index in [2.05, 4.69) is 5.32 Å². The average Bonchev–Trinajstić information content (AvgIpc) is 2.62. The van der Waals surface area contributed by atoms with Crippen molar-refractivity contribution in [2.75, 3.05) is 19.0 Å². The summed E-state index contributed by atoms with van der Waals surface area (Å²) in [5.41, 5.74) is 0. The normalized spacial score (nSPS) is 16.3. The fourth-order valence-corrected chi connectivity index (χ4v) is 2.94. The van der Waals surface area contributed by atoms with Gasteiger partial charge in [0.05, 0.1) is 0 Å². The summed E-state index contributed by atoms with van der Waals surface area (Å²) in [6.45, 7) is 2.92. The second-order valence-corrected chi connectivity index (χ2v) is 6.59. The Bertz CT molecular complexity index is 571. The van der Waals surface area contributed by atoms with Crippen molar-refractivity contribution in [1.29, 1.82) is 0 Å². The monoisotopic (exact) mass is 368 g/mol. The van der Waals surface area contributed by atoms with E-state index < -0.39 is 6.10 Å². The standard InChI is InChI=1S/C18H25ClN2O4/c1-13(25-16-6-4-15(22)5-7-16)18(24)21-11-8-14(9-12-21)20-17(23)3-2-10-19/h4-7,13-14,22H,2-3,8-12H2,1H3,(H,20,23). The lowest BCUT2D eigenvalue weighted by atomic mass is 10.0. The highest BCUT2D eigenvalue weighted by molar-refractivity contribution is 6.17. The second-order valence-electron chi connectivity index (χ2n) is 6.21. The van der Waals surface area contributed by atoms with E-state index >= 15 is 0 Å². The molecule has 25 heavy (non-hydrogen) atoms. The molecule has 0 aliphatic carbocycles. The van der Waals surface area contributed by atoms with E-state index in [4.69, 9.17) is 16.3 Å². The molecular formula is C18H25ClN2O4. The molecule has 1 aromatic rings. The van der Waals surface area contributed by atoms with Crippen LogP contribution < -0.4 is 10.1 Å². The number of phenolic OH excluding ortho intramolecular Hbond substituents is 1. The molecule has 0 bridgehead atoms. The lowest BCUT2D eigenvalue weighted by Gasteiger charge is -2.33. The highest BCUT2D eigenvalue weighted by Gasteiger charge is 2.27. The Morgan fingerprint density at radius 1 is 1.32 bits per heavy atom. The summed E-state index contributed by atoms with van der Waals surface area (Å²) in [5, 5.41) is 12.3. The summed E-state index contributed by atoms with van der Waals surface area (Å²) in [6.07, 6.45) is 2.00. The van der Waals surface area contributed by atoms with Gasteiger partial charge in [-0.25, -0.2) is 0 Å². The Morgan fingerprint density at radius 2 is 1.96 bits per heavy atom. The van der Waals surface area contributed by atoms with Crippen molar-refractivity contribution in [1.82, 2.24) is 10.2 Å². The Hall–Kier alpha value is -1.95. The van der Waals surface area contributed by atoms with Crippen molar-refractivity contribution < 1.29 is 19.4 Å². The van der Waals surface area contributed by atoms with Crippen molar-refractivity contribution in [3.8, 4) is 11.5 Å². The molecule has 6 nitrogen and oxygen atoms in total. The number of nitrogens with one attached hydrogen (secondary N) is 1. The number of aromatic hydroxyl groups is 1. The molecular weight excluding hydrogens is 344 g/mol. The van der Waals surface area contributed by atoms with Crippen LogP contribution in [0.25, 0.3) is 0 Å². The van der Waals surface area contributed by atoms with Crippen LogP contribution >= 0.6 is 11.6 Å². The van der Waals surface area contributed by atoms with E-state index in [1.165, 1.54) is 12.1 Å². The Morgan fingerprint density at radius 3 is 2.56 bits per heavy atom. The van der Waals surface area contributed by atoms with E-state index in [0.29, 0.717) is 37.6 Å². The Labute approximate surface area is 153 Å². The van der Waals surface area contributed by atoms with Crippen LogP contribution in [0.5, 0.6) is 11.5 Å². The van der Waals surface area contributed by atoms with Crippen LogP contribution in [-0.4, -0.2) is 52.9 Å². The molecule has 2 rings (SSSR count). The SMILES string of the molecule is CC(Oc1ccc(O)cc1)C(=O)N1CCC(NC(=O)CCCCl)CC1. The van der Waals surface area contributed by atoms with Gasteiger partial charge in [-0.3, -0.25) is 9.59 Å². The number of piperidine rings is 1. The average molecular weight is 369 g/mol. The number of alkyl halides is 1. The zero-order valence-corrected chi connectivity index (χ0v) is 15.2. The number of hydrogen-bond acceptors (Lipinski definition) is 4. The number of likely N-dealkylation sites (tertiary alicyclic amines) is 1. The third kappa shape index (κ3) is 6.12. The maximum absolute atomic E-state index is 12.5. The predicted molar refractivity (Wildman–Crippen MR) is 95.9 cm³/mol. The number of amides is 2. The van der Waals surface area contributed by atoms with Gasteiger partial charge in [0.1, 0.15) is 11.5 Å². The topological polar surface area (TPSA) is 78.9 Å². The van der Waals surface area contributed by atoms with Crippen LogP contribution in [0.15, 0.2) is 24.3 Å². The fraction of sp³-hybridized carbons (Fsp3) is 0.556. The van der Waals surface area contributed by atoms with Gasteiger partial charge in [-0.2, -0.15) is 0 Å². The number of nitrogens with zero attached hydrogens (tertiary/aromatic N) is 1. The summed E-state index contributed by atoms with van der Waals surface area (Å²) >= 11 is 5.59. The first-order valence-electron chi connectivity index (χ1n) is 8.59. The molecule has 138 valence electrons. The molecule has 0 radical (unpaired) electrons. The van der Waals surface area contributed by atoms with Crippen molar-refractivity contribution in [3.05, 3.63) is 24.3 Å². The number of halogens is 1. The van der Waals surface area contributed by atoms with Crippen LogP contribution in [0.4, 0.5) is 0 Å². The summed E-state index contributed by atoms with van der Waals surface area (Å²) in [4.78, 5) is 26.0. The van der Waals surface area contributed by atoms with Crippen molar-refractivity contribution in [2.45, 2.75) is 44.8 Å². The first-order chi connectivity index (χ1) is 12.0. The first kappa shape index (κ1) is 19.4. The van der Waals surface area contributed by atoms with Gasteiger partial charge in [0, 0.05) is 31.4 Å². The molecule has 1 unspecified atom stereocenters. The molecule has 1 heterocycles. The lowest BCUT2D eigenvalue weighted by Crippen LogP contribution is -2.49. The molecule has 1 fully saturated rings. The summed E-state index contributed by atoms with van der Waals surface area (Å²) in [6, 6.07) is 6.40. The number of hydrogen-bond donors (Lipinski definition) is 2. The number of phenols is 1. The minimum atomic E-state index is -0.598. The third-order valence-corrected chi connectivity index (χ3v) is 4.47. The van der Waals surface area contributed by atoms with E-state index in [9.17, 15) is 14.7 Å². The molecule has 2 amide bonds. The van der Waals surface area contributed by atoms with Gasteiger partial charge in [-0.15, -0.1) is 11.6 Å². The van der Waals surface area contributed by atoms with Crippen LogP contribution in [0.1, 0.15) is 32.6 Å². The second kappa shape index (κ2) is 9.51. The maximum atomic E-state index is 12.5. The fourth-order valence-electron chi connectivity index (χ4n) is 2.81. The van der Waals surface area contributed by atoms with Gasteiger partial charge in [0.25, 0.3) is 5.91 Å². The summed E-state index contributed by atoms with van der Waals surface area (Å²) < 4.78 is 5.64. The van der Waals surface area contributed by atoms with E-state index in [1.807, 2.05) is 0 Å². The largest absolute Gasteiger partial charge is 0.508 e. The number of ether oxygens (including phenoxy) is 1. The van der Waals surface area contributed by atoms with E-state index in [0.717, 1.165) is 12.8 Å². The number of carbonyl (C=O) groups excluding carboxylic acids is 2. The molecule has 1 aliphatic rings. The molecule has 0 saturated carbocycles. The first-order valence-corrected chi connectivity index (χ1v) is 9.13. The molecule has 2 N–H and O–H groups in total. The highest BCUT2D eigenvalue weighted by atomic mass is 35.5. The molecule has 1 aliphatic heterocycles. The van der Waals surface area contributed by atoms with Crippen molar-refractivity contribution in [3.63, 3.8) is 0 Å². The zero-order chi connectivity index (χ0) is 18.2. The summed E-state index contributed by atoms with van der Waals surface area (Å²) in [7, 11) is 0. The Kier molecular flexibility index (Phi) is 7.37. The van der Waals surface area contributed by atoms with Crippen LogP contribution in [0.2, 0.25) is 0 Å². The zero-order valence-electron chi connectivity index (χ0n) is 14.4. The number of rotatable bonds is 7.